The molecule has 0 aliphatic rings. The molecule has 2 heteroatoms. The molecule has 0 aliphatic heterocycles. The fourth-order valence-corrected chi connectivity index (χ4v) is 8.71. The average Bonchev–Trinajstić information content (AvgIpc) is 3.80. The number of hydrogen-bond donors (Lipinski definition) is 0. The molecule has 11 aromatic rings. The highest BCUT2D eigenvalue weighted by atomic mass is 15.0. The summed E-state index contributed by atoms with van der Waals surface area (Å²) in [6.45, 7) is 0. The quantitative estimate of drug-likeness (QED) is 0.162. The molecule has 0 aliphatic carbocycles. The van der Waals surface area contributed by atoms with Crippen LogP contribution in [-0.2, 0) is 0 Å². The minimum absolute atomic E-state index is 1.14. The van der Waals surface area contributed by atoms with Crippen molar-refractivity contribution in [1.29, 1.82) is 0 Å². The lowest BCUT2D eigenvalue weighted by atomic mass is 9.97. The summed E-state index contributed by atoms with van der Waals surface area (Å²) >= 11 is 0. The van der Waals surface area contributed by atoms with Gasteiger partial charge in [0.1, 0.15) is 0 Å². The highest BCUT2D eigenvalue weighted by Crippen LogP contribution is 2.42. The monoisotopic (exact) mass is 712 g/mol. The van der Waals surface area contributed by atoms with Crippen LogP contribution < -0.4 is 0 Å². The first-order valence-electron chi connectivity index (χ1n) is 19.3. The van der Waals surface area contributed by atoms with Crippen LogP contribution in [-0.4, -0.2) is 9.13 Å². The van der Waals surface area contributed by atoms with E-state index < -0.39 is 0 Å². The zero-order valence-electron chi connectivity index (χ0n) is 30.7. The minimum Gasteiger partial charge on any atom is -0.309 e. The van der Waals surface area contributed by atoms with E-state index in [2.05, 4.69) is 228 Å². The molecule has 0 N–H and O–H groups in total. The van der Waals surface area contributed by atoms with Crippen LogP contribution in [0.25, 0.3) is 99.5 Å². The molecule has 0 radical (unpaired) electrons. The molecule has 0 saturated heterocycles. The van der Waals surface area contributed by atoms with Crippen molar-refractivity contribution in [2.75, 3.05) is 0 Å². The lowest BCUT2D eigenvalue weighted by Crippen LogP contribution is -1.97. The van der Waals surface area contributed by atoms with Crippen LogP contribution in [0.15, 0.2) is 218 Å². The topological polar surface area (TPSA) is 9.86 Å². The molecule has 2 heterocycles. The summed E-state index contributed by atoms with van der Waals surface area (Å²) in [4.78, 5) is 0. The SMILES string of the molecule is c1ccc(-c2ccc(-n3c4ccccc4c4cc(-c5cccc6c7ccccc7n(-c7cc(-c8ccccc8)cc(-c8ccccc8)c7)c56)ccc43)cc2)cc1. The Balaban J connectivity index is 1.14. The number of benzene rings is 9. The smallest absolute Gasteiger partial charge is 0.0619 e. The van der Waals surface area contributed by atoms with Crippen LogP contribution in [0.2, 0.25) is 0 Å². The average molecular weight is 713 g/mol. The van der Waals surface area contributed by atoms with Crippen molar-refractivity contribution in [2.45, 2.75) is 0 Å². The van der Waals surface area contributed by atoms with Gasteiger partial charge in [0.2, 0.25) is 0 Å². The highest BCUT2D eigenvalue weighted by Gasteiger charge is 2.20. The summed E-state index contributed by atoms with van der Waals surface area (Å²) in [5.41, 5.74) is 16.7. The third kappa shape index (κ3) is 5.26. The van der Waals surface area contributed by atoms with Gasteiger partial charge in [-0.3, -0.25) is 0 Å². The molecule has 2 aromatic heterocycles. The lowest BCUT2D eigenvalue weighted by Gasteiger charge is -2.16. The van der Waals surface area contributed by atoms with Crippen molar-refractivity contribution in [3.63, 3.8) is 0 Å². The van der Waals surface area contributed by atoms with Crippen LogP contribution in [0.5, 0.6) is 0 Å². The molecule has 0 bridgehead atoms. The lowest BCUT2D eigenvalue weighted by molar-refractivity contribution is 1.18. The van der Waals surface area contributed by atoms with E-state index in [1.54, 1.807) is 0 Å². The van der Waals surface area contributed by atoms with E-state index >= 15 is 0 Å². The zero-order valence-corrected chi connectivity index (χ0v) is 30.7. The van der Waals surface area contributed by atoms with Crippen LogP contribution >= 0.6 is 0 Å². The Kier molecular flexibility index (Phi) is 7.53. The van der Waals surface area contributed by atoms with Crippen molar-refractivity contribution in [3.05, 3.63) is 218 Å². The van der Waals surface area contributed by atoms with Gasteiger partial charge >= 0.3 is 0 Å². The maximum absolute atomic E-state index is 2.49. The minimum atomic E-state index is 1.14. The van der Waals surface area contributed by atoms with Gasteiger partial charge in [0.15, 0.2) is 0 Å². The number of fused-ring (bicyclic) bond motifs is 6. The molecule has 262 valence electrons. The second-order valence-electron chi connectivity index (χ2n) is 14.6. The molecular weight excluding hydrogens is 677 g/mol. The van der Waals surface area contributed by atoms with Crippen molar-refractivity contribution in [2.24, 2.45) is 0 Å². The van der Waals surface area contributed by atoms with Gasteiger partial charge in [0, 0.05) is 38.5 Å². The van der Waals surface area contributed by atoms with Gasteiger partial charge < -0.3 is 9.13 Å². The van der Waals surface area contributed by atoms with Crippen molar-refractivity contribution >= 4 is 43.6 Å². The predicted molar refractivity (Wildman–Crippen MR) is 237 cm³/mol. The Morgan fingerprint density at radius 2 is 0.696 bits per heavy atom. The predicted octanol–water partition coefficient (Wildman–Crippen LogP) is 14.5. The normalized spacial score (nSPS) is 11.6. The molecular formula is C54H36N2. The maximum Gasteiger partial charge on any atom is 0.0619 e. The van der Waals surface area contributed by atoms with Crippen LogP contribution in [0.1, 0.15) is 0 Å². The molecule has 9 aromatic carbocycles. The van der Waals surface area contributed by atoms with Crippen LogP contribution in [0.4, 0.5) is 0 Å². The molecule has 0 atom stereocenters. The Bertz CT molecular complexity index is 3150. The van der Waals surface area contributed by atoms with Gasteiger partial charge in [-0.1, -0.05) is 164 Å². The van der Waals surface area contributed by atoms with Crippen molar-refractivity contribution < 1.29 is 0 Å². The Morgan fingerprint density at radius 1 is 0.232 bits per heavy atom. The van der Waals surface area contributed by atoms with Gasteiger partial charge in [-0.05, 0) is 93.5 Å². The summed E-state index contributed by atoms with van der Waals surface area (Å²) in [7, 11) is 0. The Morgan fingerprint density at radius 3 is 1.32 bits per heavy atom. The summed E-state index contributed by atoms with van der Waals surface area (Å²) in [6.07, 6.45) is 0. The molecule has 0 unspecified atom stereocenters. The number of nitrogens with zero attached hydrogens (tertiary/aromatic N) is 2. The van der Waals surface area contributed by atoms with E-state index in [1.807, 2.05) is 0 Å². The molecule has 0 fully saturated rings. The Labute approximate surface area is 325 Å². The fraction of sp³-hybridized carbons (Fsp3) is 0. The summed E-state index contributed by atoms with van der Waals surface area (Å²) < 4.78 is 4.89. The Hall–Kier alpha value is -7.42. The summed E-state index contributed by atoms with van der Waals surface area (Å²) in [5, 5.41) is 4.97. The maximum atomic E-state index is 2.49. The largest absolute Gasteiger partial charge is 0.309 e. The van der Waals surface area contributed by atoms with E-state index in [1.165, 1.54) is 88.1 Å². The first kappa shape index (κ1) is 32.0. The first-order valence-corrected chi connectivity index (χ1v) is 19.3. The van der Waals surface area contributed by atoms with Crippen molar-refractivity contribution in [1.82, 2.24) is 9.13 Å². The highest BCUT2D eigenvalue weighted by molar-refractivity contribution is 6.15. The van der Waals surface area contributed by atoms with Gasteiger partial charge in [0.05, 0.1) is 22.1 Å². The zero-order chi connectivity index (χ0) is 37.0. The summed E-state index contributed by atoms with van der Waals surface area (Å²) in [5.74, 6) is 0. The van der Waals surface area contributed by atoms with E-state index in [9.17, 15) is 0 Å². The van der Waals surface area contributed by atoms with Gasteiger partial charge in [-0.2, -0.15) is 0 Å². The van der Waals surface area contributed by atoms with Crippen molar-refractivity contribution in [3.8, 4) is 55.9 Å². The molecule has 0 saturated carbocycles. The van der Waals surface area contributed by atoms with Gasteiger partial charge in [0.25, 0.3) is 0 Å². The van der Waals surface area contributed by atoms with E-state index in [0.717, 1.165) is 11.4 Å². The molecule has 56 heavy (non-hydrogen) atoms. The number of hydrogen-bond acceptors (Lipinski definition) is 0. The number of rotatable bonds is 6. The van der Waals surface area contributed by atoms with E-state index in [4.69, 9.17) is 0 Å². The number of para-hydroxylation sites is 3. The van der Waals surface area contributed by atoms with E-state index in [0.29, 0.717) is 0 Å². The second kappa shape index (κ2) is 13.2. The summed E-state index contributed by atoms with van der Waals surface area (Å²) in [6, 6.07) is 79.5. The van der Waals surface area contributed by atoms with E-state index in [-0.39, 0.29) is 0 Å². The number of aromatic nitrogens is 2. The molecule has 0 spiro atoms. The standard InChI is InChI=1S/C54H36N2/c1-4-15-37(16-5-1)40-27-30-44(31-28-40)55-51-25-12-11-22-48(51)50-36-41(29-32-53(50)55)46-23-14-24-49-47-21-10-13-26-52(47)56(54(46)49)45-34-42(38-17-6-2-7-18-38)33-43(35-45)39-19-8-3-9-20-39/h1-36H. The fourth-order valence-electron chi connectivity index (χ4n) is 8.71. The second-order valence-corrected chi connectivity index (χ2v) is 14.6. The van der Waals surface area contributed by atoms with Crippen LogP contribution in [0.3, 0.4) is 0 Å². The molecule has 2 nitrogen and oxygen atoms in total. The van der Waals surface area contributed by atoms with Crippen LogP contribution in [0, 0.1) is 0 Å². The third-order valence-corrected chi connectivity index (χ3v) is 11.3. The van der Waals surface area contributed by atoms with Gasteiger partial charge in [-0.25, -0.2) is 0 Å². The third-order valence-electron chi connectivity index (χ3n) is 11.3. The molecule has 11 rings (SSSR count). The molecule has 0 amide bonds. The first-order chi connectivity index (χ1) is 27.8. The van der Waals surface area contributed by atoms with Gasteiger partial charge in [-0.15, -0.1) is 0 Å².